The van der Waals surface area contributed by atoms with Gasteiger partial charge in [-0.05, 0) is 24.3 Å². The summed E-state index contributed by atoms with van der Waals surface area (Å²) in [7, 11) is 1.51. The van der Waals surface area contributed by atoms with Gasteiger partial charge in [-0.2, -0.15) is 0 Å². The number of aromatic carboxylic acids is 1. The number of carbonyl (C=O) groups is 1. The Morgan fingerprint density at radius 1 is 1.33 bits per heavy atom. The Labute approximate surface area is 109 Å². The van der Waals surface area contributed by atoms with Crippen LogP contribution >= 0.6 is 11.6 Å². The Bertz CT molecular complexity index is 599. The molecule has 18 heavy (non-hydrogen) atoms. The molecule has 0 aliphatic rings. The predicted octanol–water partition coefficient (Wildman–Crippen LogP) is 3.11. The second-order valence-electron chi connectivity index (χ2n) is 3.57. The van der Waals surface area contributed by atoms with E-state index in [1.807, 2.05) is 0 Å². The summed E-state index contributed by atoms with van der Waals surface area (Å²) in [6.07, 6.45) is 2.85. The number of carboxylic acid groups (broad SMARTS) is 1. The van der Waals surface area contributed by atoms with Gasteiger partial charge in [0.05, 0.1) is 12.7 Å². The molecule has 0 saturated carbocycles. The van der Waals surface area contributed by atoms with Crippen LogP contribution in [0.25, 0.3) is 11.1 Å². The van der Waals surface area contributed by atoms with Gasteiger partial charge in [0.2, 0.25) is 0 Å². The third-order valence-corrected chi connectivity index (χ3v) is 2.74. The molecule has 2 rings (SSSR count). The summed E-state index contributed by atoms with van der Waals surface area (Å²) < 4.78 is 5.22. The number of carboxylic acids is 1. The number of methoxy groups -OCH3 is 1. The molecule has 0 spiro atoms. The normalized spacial score (nSPS) is 10.1. The fourth-order valence-electron chi connectivity index (χ4n) is 1.69. The van der Waals surface area contributed by atoms with Crippen LogP contribution in [-0.2, 0) is 0 Å². The van der Waals surface area contributed by atoms with Crippen molar-refractivity contribution in [3.05, 3.63) is 47.2 Å². The van der Waals surface area contributed by atoms with Crippen molar-refractivity contribution in [1.82, 2.24) is 4.98 Å². The topological polar surface area (TPSA) is 59.4 Å². The number of aromatic nitrogens is 1. The first kappa shape index (κ1) is 12.4. The molecule has 4 nitrogen and oxygen atoms in total. The average molecular weight is 264 g/mol. The highest BCUT2D eigenvalue weighted by Gasteiger charge is 2.15. The number of rotatable bonds is 3. The first-order chi connectivity index (χ1) is 8.63. The second-order valence-corrected chi connectivity index (χ2v) is 4.01. The van der Waals surface area contributed by atoms with Crippen LogP contribution in [0.3, 0.4) is 0 Å². The van der Waals surface area contributed by atoms with Crippen LogP contribution in [0.2, 0.25) is 5.02 Å². The predicted molar refractivity (Wildman–Crippen MR) is 68.2 cm³/mol. The van der Waals surface area contributed by atoms with Gasteiger partial charge >= 0.3 is 5.97 Å². The van der Waals surface area contributed by atoms with Gasteiger partial charge in [-0.1, -0.05) is 11.6 Å². The molecule has 92 valence electrons. The SMILES string of the molecule is COc1cc(Cl)ccc1-c1ccncc1C(=O)O. The molecule has 1 N–H and O–H groups in total. The minimum absolute atomic E-state index is 0.123. The zero-order valence-corrected chi connectivity index (χ0v) is 10.3. The number of hydrogen-bond donors (Lipinski definition) is 1. The van der Waals surface area contributed by atoms with Crippen molar-refractivity contribution in [2.24, 2.45) is 0 Å². The van der Waals surface area contributed by atoms with E-state index < -0.39 is 5.97 Å². The standard InChI is InChI=1S/C13H10ClNO3/c1-18-12-6-8(14)2-3-10(12)9-4-5-15-7-11(9)13(16)17/h2-7H,1H3,(H,16,17). The number of pyridine rings is 1. The molecule has 0 radical (unpaired) electrons. The molecular weight excluding hydrogens is 254 g/mol. The summed E-state index contributed by atoms with van der Waals surface area (Å²) in [6, 6.07) is 6.69. The number of nitrogens with zero attached hydrogens (tertiary/aromatic N) is 1. The lowest BCUT2D eigenvalue weighted by molar-refractivity contribution is 0.0697. The molecule has 0 atom stereocenters. The summed E-state index contributed by atoms with van der Waals surface area (Å²) in [5.41, 5.74) is 1.34. The minimum Gasteiger partial charge on any atom is -0.496 e. The molecule has 1 aromatic heterocycles. The molecular formula is C13H10ClNO3. The first-order valence-electron chi connectivity index (χ1n) is 5.14. The highest BCUT2D eigenvalue weighted by atomic mass is 35.5. The van der Waals surface area contributed by atoms with Crippen LogP contribution in [0, 0.1) is 0 Å². The van der Waals surface area contributed by atoms with Crippen molar-refractivity contribution in [3.63, 3.8) is 0 Å². The summed E-state index contributed by atoms with van der Waals surface area (Å²) >= 11 is 5.88. The Hall–Kier alpha value is -2.07. The maximum atomic E-state index is 11.2. The summed E-state index contributed by atoms with van der Waals surface area (Å²) in [5, 5.41) is 9.67. The van der Waals surface area contributed by atoms with E-state index in [9.17, 15) is 4.79 Å². The smallest absolute Gasteiger partial charge is 0.337 e. The van der Waals surface area contributed by atoms with Crippen molar-refractivity contribution < 1.29 is 14.6 Å². The Morgan fingerprint density at radius 3 is 2.78 bits per heavy atom. The second kappa shape index (κ2) is 5.06. The molecule has 0 fully saturated rings. The largest absolute Gasteiger partial charge is 0.496 e. The molecule has 0 aliphatic heterocycles. The molecule has 5 heteroatoms. The number of hydrogen-bond acceptors (Lipinski definition) is 3. The van der Waals surface area contributed by atoms with Gasteiger partial charge in [-0.3, -0.25) is 4.98 Å². The van der Waals surface area contributed by atoms with Crippen molar-refractivity contribution >= 4 is 17.6 Å². The van der Waals surface area contributed by atoms with E-state index in [2.05, 4.69) is 4.98 Å². The number of halogens is 1. The third-order valence-electron chi connectivity index (χ3n) is 2.51. The fraction of sp³-hybridized carbons (Fsp3) is 0.0769. The molecule has 0 bridgehead atoms. The van der Waals surface area contributed by atoms with Crippen molar-refractivity contribution in [3.8, 4) is 16.9 Å². The van der Waals surface area contributed by atoms with Crippen LogP contribution in [0.5, 0.6) is 5.75 Å². The van der Waals surface area contributed by atoms with Crippen LogP contribution in [0.4, 0.5) is 0 Å². The van der Waals surface area contributed by atoms with E-state index in [0.717, 1.165) is 0 Å². The van der Waals surface area contributed by atoms with Gasteiger partial charge in [0.25, 0.3) is 0 Å². The van der Waals surface area contributed by atoms with Gasteiger partial charge in [-0.15, -0.1) is 0 Å². The summed E-state index contributed by atoms with van der Waals surface area (Å²) in [5.74, 6) is -0.508. The number of benzene rings is 1. The van der Waals surface area contributed by atoms with Gasteiger partial charge in [0, 0.05) is 28.5 Å². The van der Waals surface area contributed by atoms with Crippen molar-refractivity contribution in [2.75, 3.05) is 7.11 Å². The lowest BCUT2D eigenvalue weighted by Crippen LogP contribution is -2.01. The van der Waals surface area contributed by atoms with Gasteiger partial charge in [0.15, 0.2) is 0 Å². The van der Waals surface area contributed by atoms with Crippen LogP contribution in [-0.4, -0.2) is 23.2 Å². The molecule has 0 amide bonds. The minimum atomic E-state index is -1.03. The Morgan fingerprint density at radius 2 is 2.11 bits per heavy atom. The van der Waals surface area contributed by atoms with Gasteiger partial charge in [-0.25, -0.2) is 4.79 Å². The summed E-state index contributed by atoms with van der Waals surface area (Å²) in [6.45, 7) is 0. The fourth-order valence-corrected chi connectivity index (χ4v) is 1.85. The van der Waals surface area contributed by atoms with E-state index >= 15 is 0 Å². The third kappa shape index (κ3) is 2.28. The molecule has 0 saturated heterocycles. The monoisotopic (exact) mass is 263 g/mol. The maximum Gasteiger partial charge on any atom is 0.337 e. The average Bonchev–Trinajstić information content (AvgIpc) is 2.38. The van der Waals surface area contributed by atoms with Crippen LogP contribution in [0.1, 0.15) is 10.4 Å². The first-order valence-corrected chi connectivity index (χ1v) is 5.52. The van der Waals surface area contributed by atoms with E-state index in [0.29, 0.717) is 21.9 Å². The van der Waals surface area contributed by atoms with Crippen molar-refractivity contribution in [1.29, 1.82) is 0 Å². The Kier molecular flexibility index (Phi) is 3.48. The molecule has 1 aromatic carbocycles. The zero-order chi connectivity index (χ0) is 13.1. The van der Waals surface area contributed by atoms with E-state index in [-0.39, 0.29) is 5.56 Å². The Balaban J connectivity index is 2.65. The van der Waals surface area contributed by atoms with Crippen LogP contribution < -0.4 is 4.74 Å². The summed E-state index contributed by atoms with van der Waals surface area (Å²) in [4.78, 5) is 15.0. The maximum absolute atomic E-state index is 11.2. The van der Waals surface area contributed by atoms with E-state index in [4.69, 9.17) is 21.4 Å². The number of ether oxygens (including phenoxy) is 1. The van der Waals surface area contributed by atoms with E-state index in [1.165, 1.54) is 19.5 Å². The molecule has 1 heterocycles. The zero-order valence-electron chi connectivity index (χ0n) is 9.55. The van der Waals surface area contributed by atoms with E-state index in [1.54, 1.807) is 24.3 Å². The van der Waals surface area contributed by atoms with Gasteiger partial charge in [0.1, 0.15) is 5.75 Å². The lowest BCUT2D eigenvalue weighted by Gasteiger charge is -2.10. The molecule has 2 aromatic rings. The highest BCUT2D eigenvalue weighted by Crippen LogP contribution is 2.33. The molecule has 0 aliphatic carbocycles. The quantitative estimate of drug-likeness (QED) is 0.924. The lowest BCUT2D eigenvalue weighted by atomic mass is 10.0. The van der Waals surface area contributed by atoms with Crippen molar-refractivity contribution in [2.45, 2.75) is 0 Å². The van der Waals surface area contributed by atoms with Gasteiger partial charge < -0.3 is 9.84 Å². The molecule has 0 unspecified atom stereocenters. The highest BCUT2D eigenvalue weighted by molar-refractivity contribution is 6.30. The van der Waals surface area contributed by atoms with Crippen LogP contribution in [0.15, 0.2) is 36.7 Å².